The van der Waals surface area contributed by atoms with Gasteiger partial charge in [-0.1, -0.05) is 6.92 Å². The number of carbonyl (C=O) groups is 1. The van der Waals surface area contributed by atoms with Crippen LogP contribution in [0.15, 0.2) is 18.2 Å². The molecule has 0 aliphatic carbocycles. The van der Waals surface area contributed by atoms with Gasteiger partial charge in [-0.05, 0) is 31.7 Å². The van der Waals surface area contributed by atoms with E-state index in [0.717, 1.165) is 0 Å². The van der Waals surface area contributed by atoms with Gasteiger partial charge in [-0.2, -0.15) is 5.26 Å². The molecule has 0 aromatic heterocycles. The fraction of sp³-hybridized carbons (Fsp3) is 0.429. The smallest absolute Gasteiger partial charge is 0.304 e. The third kappa shape index (κ3) is 4.34. The molecule has 0 spiro atoms. The highest BCUT2D eigenvalue weighted by Crippen LogP contribution is 2.15. The molecule has 0 aliphatic heterocycles. The zero-order valence-corrected chi connectivity index (χ0v) is 11.1. The van der Waals surface area contributed by atoms with Crippen molar-refractivity contribution < 1.29 is 14.3 Å². The maximum atomic E-state index is 13.7. The van der Waals surface area contributed by atoms with Crippen molar-refractivity contribution in [2.75, 3.05) is 6.54 Å². The second-order valence-corrected chi connectivity index (χ2v) is 4.43. The predicted molar refractivity (Wildman–Crippen MR) is 68.9 cm³/mol. The molecule has 0 radical (unpaired) electrons. The van der Waals surface area contributed by atoms with Crippen molar-refractivity contribution in [3.05, 3.63) is 35.1 Å². The first kappa shape index (κ1) is 15.1. The molecule has 0 saturated carbocycles. The molecular weight excluding hydrogens is 247 g/mol. The van der Waals surface area contributed by atoms with Crippen molar-refractivity contribution in [1.29, 1.82) is 5.26 Å². The minimum absolute atomic E-state index is 0.00734. The molecule has 0 heterocycles. The SMILES string of the molecule is CCN(Cc1cc(C#N)ccc1F)C(C)CC(=O)O. The molecule has 5 heteroatoms. The second kappa shape index (κ2) is 6.86. The first-order chi connectivity index (χ1) is 8.97. The molecule has 0 amide bonds. The monoisotopic (exact) mass is 264 g/mol. The molecule has 19 heavy (non-hydrogen) atoms. The molecule has 1 unspecified atom stereocenters. The molecule has 1 rings (SSSR count). The van der Waals surface area contributed by atoms with Gasteiger partial charge < -0.3 is 5.11 Å². The molecule has 4 nitrogen and oxygen atoms in total. The van der Waals surface area contributed by atoms with Gasteiger partial charge in [-0.3, -0.25) is 9.69 Å². The number of nitrogens with zero attached hydrogens (tertiary/aromatic N) is 2. The normalized spacial score (nSPS) is 12.2. The van der Waals surface area contributed by atoms with Crippen molar-refractivity contribution in [1.82, 2.24) is 4.90 Å². The standard InChI is InChI=1S/C14H17FN2O2/c1-3-17(10(2)6-14(18)19)9-12-7-11(8-16)4-5-13(12)15/h4-5,7,10H,3,6,9H2,1-2H3,(H,18,19). The van der Waals surface area contributed by atoms with Crippen LogP contribution < -0.4 is 0 Å². The molecule has 0 aliphatic rings. The third-order valence-corrected chi connectivity index (χ3v) is 3.05. The zero-order valence-electron chi connectivity index (χ0n) is 11.1. The highest BCUT2D eigenvalue weighted by atomic mass is 19.1. The maximum absolute atomic E-state index is 13.7. The average molecular weight is 264 g/mol. The lowest BCUT2D eigenvalue weighted by Gasteiger charge is -2.26. The van der Waals surface area contributed by atoms with E-state index in [-0.39, 0.29) is 18.3 Å². The van der Waals surface area contributed by atoms with Gasteiger partial charge in [0.25, 0.3) is 0 Å². The van der Waals surface area contributed by atoms with Crippen LogP contribution in [0.25, 0.3) is 0 Å². The number of carboxylic acids is 1. The van der Waals surface area contributed by atoms with Crippen molar-refractivity contribution in [2.45, 2.75) is 32.9 Å². The summed E-state index contributed by atoms with van der Waals surface area (Å²) in [6.07, 6.45) is 0.00734. The number of rotatable bonds is 6. The molecule has 0 bridgehead atoms. The number of hydrogen-bond donors (Lipinski definition) is 1. The molecule has 0 saturated heterocycles. The van der Waals surface area contributed by atoms with E-state index >= 15 is 0 Å². The maximum Gasteiger partial charge on any atom is 0.304 e. The summed E-state index contributed by atoms with van der Waals surface area (Å²) in [7, 11) is 0. The molecule has 1 aromatic carbocycles. The van der Waals surface area contributed by atoms with Gasteiger partial charge in [-0.25, -0.2) is 4.39 Å². The Morgan fingerprint density at radius 1 is 1.58 bits per heavy atom. The van der Waals surface area contributed by atoms with Crippen LogP contribution in [0.4, 0.5) is 4.39 Å². The summed E-state index contributed by atoms with van der Waals surface area (Å²) in [5.74, 6) is -1.25. The summed E-state index contributed by atoms with van der Waals surface area (Å²) < 4.78 is 13.7. The molecular formula is C14H17FN2O2. The number of benzene rings is 1. The highest BCUT2D eigenvalue weighted by Gasteiger charge is 2.17. The lowest BCUT2D eigenvalue weighted by atomic mass is 10.1. The first-order valence-corrected chi connectivity index (χ1v) is 6.12. The van der Waals surface area contributed by atoms with Crippen molar-refractivity contribution in [3.63, 3.8) is 0 Å². The Balaban J connectivity index is 2.86. The zero-order chi connectivity index (χ0) is 14.4. The van der Waals surface area contributed by atoms with E-state index in [1.807, 2.05) is 17.9 Å². The van der Waals surface area contributed by atoms with Crippen LogP contribution in [-0.4, -0.2) is 28.6 Å². The van der Waals surface area contributed by atoms with Gasteiger partial charge >= 0.3 is 5.97 Å². The van der Waals surface area contributed by atoms with E-state index in [0.29, 0.717) is 24.2 Å². The van der Waals surface area contributed by atoms with Crippen LogP contribution in [-0.2, 0) is 11.3 Å². The van der Waals surface area contributed by atoms with E-state index in [4.69, 9.17) is 10.4 Å². The van der Waals surface area contributed by atoms with Crippen LogP contribution in [0, 0.1) is 17.1 Å². The summed E-state index contributed by atoms with van der Waals surface area (Å²) in [5, 5.41) is 17.6. The molecule has 1 N–H and O–H groups in total. The Morgan fingerprint density at radius 2 is 2.26 bits per heavy atom. The minimum atomic E-state index is -0.878. The van der Waals surface area contributed by atoms with Crippen molar-refractivity contribution in [2.24, 2.45) is 0 Å². The molecule has 1 aromatic rings. The first-order valence-electron chi connectivity index (χ1n) is 6.12. The Bertz CT molecular complexity index is 497. The van der Waals surface area contributed by atoms with E-state index in [1.54, 1.807) is 6.92 Å². The predicted octanol–water partition coefficient (Wildman–Crippen LogP) is 2.38. The Labute approximate surface area is 112 Å². The molecule has 102 valence electrons. The largest absolute Gasteiger partial charge is 0.481 e. The van der Waals surface area contributed by atoms with Crippen LogP contribution >= 0.6 is 0 Å². The van der Waals surface area contributed by atoms with Gasteiger partial charge in [-0.15, -0.1) is 0 Å². The summed E-state index contributed by atoms with van der Waals surface area (Å²) in [6.45, 7) is 4.60. The lowest BCUT2D eigenvalue weighted by molar-refractivity contribution is -0.138. The Morgan fingerprint density at radius 3 is 2.79 bits per heavy atom. The van der Waals surface area contributed by atoms with Gasteiger partial charge in [0.05, 0.1) is 18.1 Å². The molecule has 1 atom stereocenters. The van der Waals surface area contributed by atoms with E-state index in [1.165, 1.54) is 18.2 Å². The summed E-state index contributed by atoms with van der Waals surface area (Å²) >= 11 is 0. The fourth-order valence-corrected chi connectivity index (χ4v) is 1.95. The number of nitriles is 1. The van der Waals surface area contributed by atoms with Gasteiger partial charge in [0, 0.05) is 18.2 Å². The van der Waals surface area contributed by atoms with Crippen LogP contribution in [0.1, 0.15) is 31.4 Å². The Hall–Kier alpha value is -1.93. The second-order valence-electron chi connectivity index (χ2n) is 4.43. The van der Waals surface area contributed by atoms with Crippen molar-refractivity contribution >= 4 is 5.97 Å². The summed E-state index contributed by atoms with van der Waals surface area (Å²) in [6, 6.07) is 5.98. The van der Waals surface area contributed by atoms with Gasteiger partial charge in [0.2, 0.25) is 0 Å². The van der Waals surface area contributed by atoms with E-state index < -0.39 is 5.97 Å². The summed E-state index contributed by atoms with van der Waals surface area (Å²) in [5.41, 5.74) is 0.816. The van der Waals surface area contributed by atoms with E-state index in [2.05, 4.69) is 0 Å². The minimum Gasteiger partial charge on any atom is -0.481 e. The van der Waals surface area contributed by atoms with Crippen LogP contribution in [0.3, 0.4) is 0 Å². The highest BCUT2D eigenvalue weighted by molar-refractivity contribution is 5.67. The van der Waals surface area contributed by atoms with E-state index in [9.17, 15) is 9.18 Å². The number of halogens is 1. The molecule has 0 fully saturated rings. The lowest BCUT2D eigenvalue weighted by Crippen LogP contribution is -2.34. The fourth-order valence-electron chi connectivity index (χ4n) is 1.95. The van der Waals surface area contributed by atoms with Crippen LogP contribution in [0.2, 0.25) is 0 Å². The topological polar surface area (TPSA) is 64.3 Å². The number of aliphatic carboxylic acids is 1. The quantitative estimate of drug-likeness (QED) is 0.856. The third-order valence-electron chi connectivity index (χ3n) is 3.05. The van der Waals surface area contributed by atoms with Crippen LogP contribution in [0.5, 0.6) is 0 Å². The van der Waals surface area contributed by atoms with Gasteiger partial charge in [0.15, 0.2) is 0 Å². The Kier molecular flexibility index (Phi) is 5.46. The average Bonchev–Trinajstić information content (AvgIpc) is 2.36. The summed E-state index contributed by atoms with van der Waals surface area (Å²) in [4.78, 5) is 12.6. The number of carboxylic acid groups (broad SMARTS) is 1. The van der Waals surface area contributed by atoms with Gasteiger partial charge in [0.1, 0.15) is 5.82 Å². The van der Waals surface area contributed by atoms with Crippen molar-refractivity contribution in [3.8, 4) is 6.07 Å². The number of hydrogen-bond acceptors (Lipinski definition) is 3.